The van der Waals surface area contributed by atoms with Gasteiger partial charge in [0.25, 0.3) is 0 Å². The lowest BCUT2D eigenvalue weighted by molar-refractivity contribution is 0.544. The van der Waals surface area contributed by atoms with Gasteiger partial charge in [0.1, 0.15) is 5.82 Å². The Hall–Kier alpha value is -1.06. The second-order valence-corrected chi connectivity index (χ2v) is 3.08. The zero-order valence-electron chi connectivity index (χ0n) is 6.74. The van der Waals surface area contributed by atoms with Gasteiger partial charge in [-0.25, -0.2) is 9.48 Å². The topological polar surface area (TPSA) is 39.8 Å². The lowest BCUT2D eigenvalue weighted by Crippen LogP contribution is -2.23. The van der Waals surface area contributed by atoms with E-state index in [1.54, 1.807) is 11.6 Å². The zero-order chi connectivity index (χ0) is 8.01. The van der Waals surface area contributed by atoms with Crippen LogP contribution in [0.3, 0.4) is 0 Å². The van der Waals surface area contributed by atoms with E-state index >= 15 is 0 Å². The van der Waals surface area contributed by atoms with Crippen LogP contribution in [-0.2, 0) is 13.5 Å². The van der Waals surface area contributed by atoms with Gasteiger partial charge in [0.15, 0.2) is 0 Å². The molecular weight excluding hydrogens is 142 g/mol. The van der Waals surface area contributed by atoms with Crippen LogP contribution in [0, 0.1) is 0 Å². The summed E-state index contributed by atoms with van der Waals surface area (Å²) in [6.07, 6.45) is 2.00. The average Bonchev–Trinajstić information content (AvgIpc) is 2.41. The molecule has 60 valence electrons. The van der Waals surface area contributed by atoms with E-state index in [9.17, 15) is 4.79 Å². The Bertz CT molecular complexity index is 336. The Morgan fingerprint density at radius 1 is 1.64 bits per heavy atom. The van der Waals surface area contributed by atoms with Crippen LogP contribution in [-0.4, -0.2) is 14.3 Å². The van der Waals surface area contributed by atoms with Crippen molar-refractivity contribution >= 4 is 0 Å². The van der Waals surface area contributed by atoms with Crippen LogP contribution < -0.4 is 5.69 Å². The Morgan fingerprint density at radius 3 is 3.00 bits per heavy atom. The highest BCUT2D eigenvalue weighted by Crippen LogP contribution is 2.20. The van der Waals surface area contributed by atoms with Crippen LogP contribution in [0.25, 0.3) is 0 Å². The van der Waals surface area contributed by atoms with Crippen LogP contribution in [0.5, 0.6) is 0 Å². The molecule has 11 heavy (non-hydrogen) atoms. The summed E-state index contributed by atoms with van der Waals surface area (Å²) in [6, 6.07) is 0.339. The SMILES string of the molecule is CC1CCc2nn(C)c(=O)n21. The number of hydrogen-bond acceptors (Lipinski definition) is 2. The second kappa shape index (κ2) is 1.96. The third-order valence-corrected chi connectivity index (χ3v) is 2.25. The molecule has 1 aliphatic heterocycles. The summed E-state index contributed by atoms with van der Waals surface area (Å²) >= 11 is 0. The molecule has 2 heterocycles. The molecule has 2 rings (SSSR count). The van der Waals surface area contributed by atoms with Crippen LogP contribution in [0.4, 0.5) is 0 Å². The number of rotatable bonds is 0. The summed E-state index contributed by atoms with van der Waals surface area (Å²) in [6.45, 7) is 2.06. The first-order chi connectivity index (χ1) is 5.20. The second-order valence-electron chi connectivity index (χ2n) is 3.08. The van der Waals surface area contributed by atoms with Crippen LogP contribution in [0.2, 0.25) is 0 Å². The molecule has 0 spiro atoms. The van der Waals surface area contributed by atoms with Crippen molar-refractivity contribution in [3.05, 3.63) is 16.3 Å². The summed E-state index contributed by atoms with van der Waals surface area (Å²) in [5.74, 6) is 0.935. The van der Waals surface area contributed by atoms with E-state index < -0.39 is 0 Å². The van der Waals surface area contributed by atoms with E-state index in [4.69, 9.17) is 0 Å². The maximum absolute atomic E-state index is 11.3. The normalized spacial score (nSPS) is 22.2. The maximum atomic E-state index is 11.3. The predicted octanol–water partition coefficient (Wildman–Crippen LogP) is 0.0890. The standard InChI is InChI=1S/C7H11N3O/c1-5-3-4-6-8-9(2)7(11)10(5)6/h5H,3-4H2,1-2H3. The summed E-state index contributed by atoms with van der Waals surface area (Å²) < 4.78 is 3.19. The molecule has 4 heteroatoms. The van der Waals surface area contributed by atoms with E-state index in [2.05, 4.69) is 12.0 Å². The molecule has 0 saturated carbocycles. The lowest BCUT2D eigenvalue weighted by Gasteiger charge is -2.00. The van der Waals surface area contributed by atoms with Crippen molar-refractivity contribution in [1.29, 1.82) is 0 Å². The van der Waals surface area contributed by atoms with Gasteiger partial charge in [-0.1, -0.05) is 0 Å². The molecular formula is C7H11N3O. The molecule has 4 nitrogen and oxygen atoms in total. The fourth-order valence-corrected chi connectivity index (χ4v) is 1.61. The predicted molar refractivity (Wildman–Crippen MR) is 40.5 cm³/mol. The van der Waals surface area contributed by atoms with Crippen molar-refractivity contribution in [1.82, 2.24) is 14.3 Å². The molecule has 1 atom stereocenters. The minimum atomic E-state index is 0.0185. The smallest absolute Gasteiger partial charge is 0.276 e. The van der Waals surface area contributed by atoms with Gasteiger partial charge in [0, 0.05) is 19.5 Å². The van der Waals surface area contributed by atoms with E-state index in [0.29, 0.717) is 6.04 Å². The van der Waals surface area contributed by atoms with Gasteiger partial charge in [-0.15, -0.1) is 0 Å². The summed E-state index contributed by atoms with van der Waals surface area (Å²) in [5, 5.41) is 4.11. The highest BCUT2D eigenvalue weighted by molar-refractivity contribution is 4.96. The Labute approximate surface area is 64.4 Å². The number of aryl methyl sites for hydroxylation is 2. The molecule has 1 aromatic heterocycles. The first-order valence-corrected chi connectivity index (χ1v) is 3.84. The zero-order valence-corrected chi connectivity index (χ0v) is 6.74. The van der Waals surface area contributed by atoms with Crippen molar-refractivity contribution in [3.63, 3.8) is 0 Å². The van der Waals surface area contributed by atoms with Crippen LogP contribution in [0.1, 0.15) is 25.2 Å². The molecule has 0 aromatic carbocycles. The van der Waals surface area contributed by atoms with Gasteiger partial charge in [0.2, 0.25) is 0 Å². The first-order valence-electron chi connectivity index (χ1n) is 3.84. The highest BCUT2D eigenvalue weighted by Gasteiger charge is 2.22. The fourth-order valence-electron chi connectivity index (χ4n) is 1.61. The minimum Gasteiger partial charge on any atom is -0.276 e. The molecule has 1 unspecified atom stereocenters. The number of hydrogen-bond donors (Lipinski definition) is 0. The van der Waals surface area contributed by atoms with Gasteiger partial charge < -0.3 is 0 Å². The Kier molecular flexibility index (Phi) is 1.19. The molecule has 0 bridgehead atoms. The largest absolute Gasteiger partial charge is 0.345 e. The maximum Gasteiger partial charge on any atom is 0.345 e. The molecule has 0 fully saturated rings. The Balaban J connectivity index is 2.68. The van der Waals surface area contributed by atoms with Crippen molar-refractivity contribution in [2.24, 2.45) is 7.05 Å². The number of fused-ring (bicyclic) bond motifs is 1. The monoisotopic (exact) mass is 153 g/mol. The lowest BCUT2D eigenvalue weighted by atomic mass is 10.2. The van der Waals surface area contributed by atoms with Crippen molar-refractivity contribution in [2.45, 2.75) is 25.8 Å². The van der Waals surface area contributed by atoms with Crippen molar-refractivity contribution < 1.29 is 0 Å². The van der Waals surface area contributed by atoms with Gasteiger partial charge in [-0.05, 0) is 13.3 Å². The molecule has 1 aliphatic rings. The third-order valence-electron chi connectivity index (χ3n) is 2.25. The van der Waals surface area contributed by atoms with Crippen molar-refractivity contribution in [2.75, 3.05) is 0 Å². The molecule has 0 amide bonds. The van der Waals surface area contributed by atoms with Gasteiger partial charge in [-0.3, -0.25) is 4.57 Å². The average molecular weight is 153 g/mol. The molecule has 0 N–H and O–H groups in total. The molecule has 0 aliphatic carbocycles. The highest BCUT2D eigenvalue weighted by atomic mass is 16.2. The van der Waals surface area contributed by atoms with E-state index in [1.807, 2.05) is 0 Å². The molecule has 0 saturated heterocycles. The Morgan fingerprint density at radius 2 is 2.36 bits per heavy atom. The first kappa shape index (κ1) is 6.64. The fraction of sp³-hybridized carbons (Fsp3) is 0.714. The summed E-state index contributed by atoms with van der Waals surface area (Å²) in [7, 11) is 1.69. The third kappa shape index (κ3) is 0.751. The quantitative estimate of drug-likeness (QED) is 0.530. The van der Waals surface area contributed by atoms with Crippen LogP contribution in [0.15, 0.2) is 4.79 Å². The van der Waals surface area contributed by atoms with Gasteiger partial charge in [-0.2, -0.15) is 5.10 Å². The molecule has 0 radical (unpaired) electrons. The summed E-state index contributed by atoms with van der Waals surface area (Å²) in [4.78, 5) is 11.3. The van der Waals surface area contributed by atoms with Gasteiger partial charge >= 0.3 is 5.69 Å². The van der Waals surface area contributed by atoms with E-state index in [-0.39, 0.29) is 5.69 Å². The minimum absolute atomic E-state index is 0.0185. The van der Waals surface area contributed by atoms with Crippen LogP contribution >= 0.6 is 0 Å². The summed E-state index contributed by atoms with van der Waals surface area (Å²) in [5.41, 5.74) is 0.0185. The number of aromatic nitrogens is 3. The van der Waals surface area contributed by atoms with Gasteiger partial charge in [0.05, 0.1) is 0 Å². The number of nitrogens with zero attached hydrogens (tertiary/aromatic N) is 3. The molecule has 1 aromatic rings. The van der Waals surface area contributed by atoms with E-state index in [1.165, 1.54) is 4.68 Å². The van der Waals surface area contributed by atoms with E-state index in [0.717, 1.165) is 18.7 Å². The van der Waals surface area contributed by atoms with Crippen molar-refractivity contribution in [3.8, 4) is 0 Å².